The summed E-state index contributed by atoms with van der Waals surface area (Å²) in [6.45, 7) is 3.60. The molecule has 0 aromatic carbocycles. The number of guanidine groups is 1. The van der Waals surface area contributed by atoms with E-state index in [2.05, 4.69) is 20.2 Å². The Bertz CT molecular complexity index is 309. The first-order valence-electron chi connectivity index (χ1n) is 7.29. The Morgan fingerprint density at radius 2 is 1.95 bits per heavy atom. The molecule has 5 nitrogen and oxygen atoms in total. The van der Waals surface area contributed by atoms with Gasteiger partial charge in [-0.1, -0.05) is 6.42 Å². The fourth-order valence-electron chi connectivity index (χ4n) is 2.47. The summed E-state index contributed by atoms with van der Waals surface area (Å²) >= 11 is 0. The average Bonchev–Trinajstić information content (AvgIpc) is 2.65. The lowest BCUT2D eigenvalue weighted by atomic mass is 10.2. The molecule has 2 aliphatic heterocycles. The van der Waals surface area contributed by atoms with Gasteiger partial charge >= 0.3 is 0 Å². The van der Waals surface area contributed by atoms with Gasteiger partial charge in [0, 0.05) is 54.2 Å². The van der Waals surface area contributed by atoms with E-state index >= 15 is 0 Å². The molecule has 0 unspecified atom stereocenters. The fourth-order valence-corrected chi connectivity index (χ4v) is 2.47. The highest BCUT2D eigenvalue weighted by Gasteiger charge is 2.16. The number of nitrogens with one attached hydrogen (secondary N) is 1. The minimum atomic E-state index is 0.894. The summed E-state index contributed by atoms with van der Waals surface area (Å²) in [5.41, 5.74) is 0. The normalized spacial score (nSPS) is 19.5. The van der Waals surface area contributed by atoms with Crippen molar-refractivity contribution < 1.29 is 0 Å². The lowest BCUT2D eigenvalue weighted by molar-refractivity contribution is 0.391. The van der Waals surface area contributed by atoms with Gasteiger partial charge in [0.25, 0.3) is 0 Å². The Balaban J connectivity index is 0.000000203. The molecular formula is C14H29N5. The number of amidine groups is 1. The van der Waals surface area contributed by atoms with Crippen molar-refractivity contribution in [3.05, 3.63) is 0 Å². The van der Waals surface area contributed by atoms with Crippen LogP contribution in [0.2, 0.25) is 0 Å². The van der Waals surface area contributed by atoms with Gasteiger partial charge in [0.1, 0.15) is 0 Å². The molecule has 0 bridgehead atoms. The van der Waals surface area contributed by atoms with E-state index in [1.807, 2.05) is 26.0 Å². The largest absolute Gasteiger partial charge is 0.360 e. The second kappa shape index (κ2) is 8.77. The third-order valence-corrected chi connectivity index (χ3v) is 3.43. The van der Waals surface area contributed by atoms with Crippen LogP contribution in [-0.2, 0) is 0 Å². The summed E-state index contributed by atoms with van der Waals surface area (Å²) in [7, 11) is 7.49. The van der Waals surface area contributed by atoms with Gasteiger partial charge in [0.15, 0.2) is 5.96 Å². The number of hydrogen-bond acceptors (Lipinski definition) is 3. The predicted octanol–water partition coefficient (Wildman–Crippen LogP) is 1.42. The number of aliphatic imine (C=N–C) groups is 2. The maximum Gasteiger partial charge on any atom is 0.192 e. The van der Waals surface area contributed by atoms with Crippen LogP contribution in [0.15, 0.2) is 9.98 Å². The van der Waals surface area contributed by atoms with Gasteiger partial charge in [-0.25, -0.2) is 0 Å². The van der Waals surface area contributed by atoms with Crippen LogP contribution in [0, 0.1) is 0 Å². The van der Waals surface area contributed by atoms with E-state index in [1.54, 1.807) is 7.05 Å². The van der Waals surface area contributed by atoms with Gasteiger partial charge in [-0.3, -0.25) is 9.98 Å². The van der Waals surface area contributed by atoms with Gasteiger partial charge in [0.2, 0.25) is 0 Å². The Morgan fingerprint density at radius 1 is 1.21 bits per heavy atom. The van der Waals surface area contributed by atoms with Gasteiger partial charge in [-0.05, 0) is 19.3 Å². The standard InChI is InChI=1S/C9H16N2.C5H13N3/c1-2-5-9-10-6-4-8-11(9)7-3-1;1-6-5(7-2)8(3)4/h1-8H2;1-4H3,(H,6,7). The van der Waals surface area contributed by atoms with Crippen molar-refractivity contribution in [3.8, 4) is 0 Å². The molecule has 5 heteroatoms. The fraction of sp³-hybridized carbons (Fsp3) is 0.857. The number of hydrogen-bond donors (Lipinski definition) is 1. The molecule has 0 aromatic heterocycles. The second-order valence-electron chi connectivity index (χ2n) is 5.14. The first-order chi connectivity index (χ1) is 9.19. The van der Waals surface area contributed by atoms with Crippen molar-refractivity contribution in [3.63, 3.8) is 0 Å². The molecule has 0 amide bonds. The van der Waals surface area contributed by atoms with Crippen molar-refractivity contribution in [2.75, 3.05) is 47.8 Å². The SMILES string of the molecule is C1CCC2=NCCCN2CC1.CN=C(NC)N(C)C. The van der Waals surface area contributed by atoms with E-state index in [-0.39, 0.29) is 0 Å². The molecule has 1 N–H and O–H groups in total. The minimum absolute atomic E-state index is 0.894. The zero-order valence-electron chi connectivity index (χ0n) is 12.9. The van der Waals surface area contributed by atoms with E-state index in [4.69, 9.17) is 0 Å². The molecule has 2 rings (SSSR count). The van der Waals surface area contributed by atoms with Crippen molar-refractivity contribution in [2.45, 2.75) is 32.1 Å². The van der Waals surface area contributed by atoms with Crippen LogP contribution >= 0.6 is 0 Å². The van der Waals surface area contributed by atoms with E-state index in [9.17, 15) is 0 Å². The average molecular weight is 267 g/mol. The van der Waals surface area contributed by atoms with Crippen LogP contribution in [0.3, 0.4) is 0 Å². The van der Waals surface area contributed by atoms with Crippen LogP contribution in [-0.4, -0.2) is 69.4 Å². The first-order valence-corrected chi connectivity index (χ1v) is 7.29. The van der Waals surface area contributed by atoms with E-state index in [1.165, 1.54) is 51.0 Å². The molecule has 2 aliphatic rings. The molecule has 0 saturated carbocycles. The van der Waals surface area contributed by atoms with Crippen molar-refractivity contribution in [2.24, 2.45) is 9.98 Å². The molecule has 2 heterocycles. The Hall–Kier alpha value is -1.26. The van der Waals surface area contributed by atoms with Gasteiger partial charge in [0.05, 0.1) is 5.84 Å². The smallest absolute Gasteiger partial charge is 0.192 e. The third-order valence-electron chi connectivity index (χ3n) is 3.43. The first kappa shape index (κ1) is 15.8. The summed E-state index contributed by atoms with van der Waals surface area (Å²) in [6, 6.07) is 0. The lowest BCUT2D eigenvalue weighted by Gasteiger charge is -2.27. The topological polar surface area (TPSA) is 43.2 Å². The van der Waals surface area contributed by atoms with E-state index < -0.39 is 0 Å². The zero-order chi connectivity index (χ0) is 14.1. The molecule has 19 heavy (non-hydrogen) atoms. The monoisotopic (exact) mass is 267 g/mol. The highest BCUT2D eigenvalue weighted by Crippen LogP contribution is 2.15. The summed E-state index contributed by atoms with van der Waals surface area (Å²) < 4.78 is 0. The van der Waals surface area contributed by atoms with Crippen LogP contribution < -0.4 is 5.32 Å². The molecular weight excluding hydrogens is 238 g/mol. The number of nitrogens with zero attached hydrogens (tertiary/aromatic N) is 4. The van der Waals surface area contributed by atoms with E-state index in [0.29, 0.717) is 0 Å². The second-order valence-corrected chi connectivity index (χ2v) is 5.14. The van der Waals surface area contributed by atoms with Crippen molar-refractivity contribution in [1.82, 2.24) is 15.1 Å². The molecule has 0 radical (unpaired) electrons. The molecule has 0 atom stereocenters. The maximum atomic E-state index is 4.55. The summed E-state index contributed by atoms with van der Waals surface area (Å²) in [5.74, 6) is 2.29. The molecule has 1 fully saturated rings. The quantitative estimate of drug-likeness (QED) is 0.533. The minimum Gasteiger partial charge on any atom is -0.360 e. The van der Waals surface area contributed by atoms with Crippen LogP contribution in [0.4, 0.5) is 0 Å². The van der Waals surface area contributed by atoms with Gasteiger partial charge in [-0.15, -0.1) is 0 Å². The summed E-state index contributed by atoms with van der Waals surface area (Å²) in [6.07, 6.45) is 6.63. The molecule has 0 spiro atoms. The zero-order valence-corrected chi connectivity index (χ0v) is 12.9. The van der Waals surface area contributed by atoms with Crippen molar-refractivity contribution in [1.29, 1.82) is 0 Å². The molecule has 0 aromatic rings. The molecule has 1 saturated heterocycles. The third kappa shape index (κ3) is 5.49. The van der Waals surface area contributed by atoms with Crippen LogP contribution in [0.25, 0.3) is 0 Å². The number of rotatable bonds is 0. The molecule has 0 aliphatic carbocycles. The summed E-state index contributed by atoms with van der Waals surface area (Å²) in [5, 5.41) is 2.93. The van der Waals surface area contributed by atoms with Crippen LogP contribution in [0.1, 0.15) is 32.1 Å². The summed E-state index contributed by atoms with van der Waals surface area (Å²) in [4.78, 5) is 12.9. The highest BCUT2D eigenvalue weighted by molar-refractivity contribution is 5.83. The van der Waals surface area contributed by atoms with Crippen LogP contribution in [0.5, 0.6) is 0 Å². The van der Waals surface area contributed by atoms with Gasteiger partial charge < -0.3 is 15.1 Å². The Kier molecular flexibility index (Phi) is 7.30. The maximum absolute atomic E-state index is 4.55. The van der Waals surface area contributed by atoms with Crippen molar-refractivity contribution >= 4 is 11.8 Å². The highest BCUT2D eigenvalue weighted by atomic mass is 15.2. The van der Waals surface area contributed by atoms with Gasteiger partial charge in [-0.2, -0.15) is 0 Å². The predicted molar refractivity (Wildman–Crippen MR) is 83.1 cm³/mol. The lowest BCUT2D eigenvalue weighted by Crippen LogP contribution is -2.34. The number of fused-ring (bicyclic) bond motifs is 1. The van der Waals surface area contributed by atoms with E-state index in [0.717, 1.165) is 12.5 Å². The molecule has 110 valence electrons. The Morgan fingerprint density at radius 3 is 2.53 bits per heavy atom. The Labute approximate surface area is 117 Å².